The molecule has 0 amide bonds. The number of hydrogen-bond donors (Lipinski definition) is 0. The van der Waals surface area contributed by atoms with E-state index < -0.39 is 6.10 Å². The van der Waals surface area contributed by atoms with Crippen molar-refractivity contribution in [3.8, 4) is 0 Å². The molecule has 0 aliphatic heterocycles. The van der Waals surface area contributed by atoms with Crippen LogP contribution in [0.4, 0.5) is 0 Å². The number of carbonyl (C=O) groups excluding carboxylic acids is 3. The van der Waals surface area contributed by atoms with E-state index in [4.69, 9.17) is 14.2 Å². The van der Waals surface area contributed by atoms with Crippen LogP contribution < -0.4 is 0 Å². The monoisotopic (exact) mass is 821 g/mol. The Bertz CT molecular complexity index is 900. The molecule has 0 aliphatic rings. The zero-order valence-corrected chi connectivity index (χ0v) is 39.8. The third kappa shape index (κ3) is 44.0. The summed E-state index contributed by atoms with van der Waals surface area (Å²) in [5.41, 5.74) is 0. The van der Waals surface area contributed by atoms with E-state index in [0.29, 0.717) is 19.3 Å². The first-order valence-electron chi connectivity index (χ1n) is 25.6. The predicted molar refractivity (Wildman–Crippen MR) is 247 cm³/mol. The first-order chi connectivity index (χ1) is 28.1. The molecule has 0 heterocycles. The minimum absolute atomic E-state index is 0.0651. The van der Waals surface area contributed by atoms with Crippen molar-refractivity contribution in [3.05, 3.63) is 0 Å². The molecule has 0 rings (SSSR count). The van der Waals surface area contributed by atoms with Gasteiger partial charge in [-0.2, -0.15) is 0 Å². The van der Waals surface area contributed by atoms with Crippen molar-refractivity contribution in [3.63, 3.8) is 0 Å². The fourth-order valence-electron chi connectivity index (χ4n) is 7.73. The topological polar surface area (TPSA) is 78.9 Å². The molecular formula is C52H100O6. The van der Waals surface area contributed by atoms with Crippen molar-refractivity contribution in [1.29, 1.82) is 0 Å². The molecule has 0 saturated carbocycles. The van der Waals surface area contributed by atoms with Gasteiger partial charge in [-0.3, -0.25) is 14.4 Å². The van der Waals surface area contributed by atoms with Crippen molar-refractivity contribution in [1.82, 2.24) is 0 Å². The van der Waals surface area contributed by atoms with E-state index in [2.05, 4.69) is 41.5 Å². The number of unbranched alkanes of at least 4 members (excludes halogenated alkanes) is 27. The molecule has 6 nitrogen and oxygen atoms in total. The molecule has 0 aromatic heterocycles. The Labute approximate surface area is 361 Å². The van der Waals surface area contributed by atoms with Gasteiger partial charge in [0.1, 0.15) is 13.2 Å². The molecule has 58 heavy (non-hydrogen) atoms. The zero-order valence-electron chi connectivity index (χ0n) is 39.8. The van der Waals surface area contributed by atoms with E-state index in [0.717, 1.165) is 75.5 Å². The van der Waals surface area contributed by atoms with Crippen molar-refractivity contribution >= 4 is 17.9 Å². The van der Waals surface area contributed by atoms with Gasteiger partial charge in [0.2, 0.25) is 0 Å². The van der Waals surface area contributed by atoms with Gasteiger partial charge in [-0.15, -0.1) is 0 Å². The fourth-order valence-corrected chi connectivity index (χ4v) is 7.73. The highest BCUT2D eigenvalue weighted by Crippen LogP contribution is 2.18. The first kappa shape index (κ1) is 56.4. The van der Waals surface area contributed by atoms with Gasteiger partial charge in [-0.1, -0.05) is 241 Å². The molecule has 0 fully saturated rings. The molecule has 0 aromatic carbocycles. The summed E-state index contributed by atoms with van der Waals surface area (Å²) < 4.78 is 16.8. The van der Waals surface area contributed by atoms with Crippen LogP contribution in [0.5, 0.6) is 0 Å². The van der Waals surface area contributed by atoms with Gasteiger partial charge in [-0.25, -0.2) is 0 Å². The van der Waals surface area contributed by atoms with Crippen LogP contribution in [0.2, 0.25) is 0 Å². The Morgan fingerprint density at radius 3 is 0.897 bits per heavy atom. The lowest BCUT2D eigenvalue weighted by Gasteiger charge is -2.18. The summed E-state index contributed by atoms with van der Waals surface area (Å²) in [6.45, 7) is 13.7. The van der Waals surface area contributed by atoms with Gasteiger partial charge >= 0.3 is 17.9 Å². The number of esters is 3. The Morgan fingerprint density at radius 2 is 0.603 bits per heavy atom. The van der Waals surface area contributed by atoms with Gasteiger partial charge < -0.3 is 14.2 Å². The molecule has 2 atom stereocenters. The molecule has 0 aromatic rings. The maximum atomic E-state index is 12.8. The first-order valence-corrected chi connectivity index (χ1v) is 25.6. The molecule has 0 spiro atoms. The number of hydrogen-bond acceptors (Lipinski definition) is 6. The molecule has 0 saturated heterocycles. The van der Waals surface area contributed by atoms with Gasteiger partial charge in [0, 0.05) is 19.3 Å². The normalized spacial score (nSPS) is 12.6. The Balaban J connectivity index is 4.34. The largest absolute Gasteiger partial charge is 0.462 e. The van der Waals surface area contributed by atoms with E-state index in [9.17, 15) is 14.4 Å². The van der Waals surface area contributed by atoms with Crippen LogP contribution in [0.3, 0.4) is 0 Å². The SMILES string of the molecule is CCC(C)CCCCCCCCCCCCC(=O)OC[C@H](COC(=O)CCCCCCCCCCCC(C)C)OC(=O)CCCCCCCCCCCCCC(C)C. The molecule has 1 unspecified atom stereocenters. The van der Waals surface area contributed by atoms with Crippen LogP contribution in [-0.2, 0) is 28.6 Å². The zero-order chi connectivity index (χ0) is 42.7. The third-order valence-electron chi connectivity index (χ3n) is 12.0. The van der Waals surface area contributed by atoms with Crippen molar-refractivity contribution in [2.45, 2.75) is 285 Å². The summed E-state index contributed by atoms with van der Waals surface area (Å²) in [4.78, 5) is 37.9. The van der Waals surface area contributed by atoms with Gasteiger partial charge in [0.05, 0.1) is 0 Å². The molecule has 0 bridgehead atoms. The summed E-state index contributed by atoms with van der Waals surface area (Å²) in [7, 11) is 0. The second kappa shape index (κ2) is 43.5. The summed E-state index contributed by atoms with van der Waals surface area (Å²) in [5.74, 6) is 1.65. The highest BCUT2D eigenvalue weighted by atomic mass is 16.6. The Kier molecular flexibility index (Phi) is 42.3. The summed E-state index contributed by atoms with van der Waals surface area (Å²) >= 11 is 0. The second-order valence-corrected chi connectivity index (χ2v) is 19.0. The van der Waals surface area contributed by atoms with Crippen LogP contribution in [-0.4, -0.2) is 37.2 Å². The van der Waals surface area contributed by atoms with E-state index >= 15 is 0 Å². The molecule has 0 N–H and O–H groups in total. The van der Waals surface area contributed by atoms with Gasteiger partial charge in [0.25, 0.3) is 0 Å². The van der Waals surface area contributed by atoms with E-state index in [-0.39, 0.29) is 31.1 Å². The number of rotatable bonds is 45. The molecule has 0 aliphatic carbocycles. The lowest BCUT2D eigenvalue weighted by Crippen LogP contribution is -2.30. The predicted octanol–water partition coefficient (Wildman–Crippen LogP) is 16.4. The summed E-state index contributed by atoms with van der Waals surface area (Å²) in [6.07, 6.45) is 42.2. The minimum atomic E-state index is -0.763. The van der Waals surface area contributed by atoms with Crippen molar-refractivity contribution in [2.24, 2.45) is 17.8 Å². The maximum Gasteiger partial charge on any atom is 0.306 e. The molecule has 0 radical (unpaired) electrons. The number of carbonyl (C=O) groups is 3. The van der Waals surface area contributed by atoms with Crippen LogP contribution in [0.15, 0.2) is 0 Å². The van der Waals surface area contributed by atoms with E-state index in [1.165, 1.54) is 161 Å². The molecule has 344 valence electrons. The third-order valence-corrected chi connectivity index (χ3v) is 12.0. The Morgan fingerprint density at radius 1 is 0.345 bits per heavy atom. The average Bonchev–Trinajstić information content (AvgIpc) is 3.19. The minimum Gasteiger partial charge on any atom is -0.462 e. The Hall–Kier alpha value is -1.59. The van der Waals surface area contributed by atoms with Crippen LogP contribution in [0, 0.1) is 17.8 Å². The highest BCUT2D eigenvalue weighted by Gasteiger charge is 2.19. The lowest BCUT2D eigenvalue weighted by atomic mass is 9.99. The van der Waals surface area contributed by atoms with Gasteiger partial charge in [0.15, 0.2) is 6.10 Å². The standard InChI is InChI=1S/C52H100O6/c1-7-48(6)40-34-28-22-16-11-12-17-23-29-35-41-50(53)56-44-49(45-57-51(54)42-36-30-24-19-13-15-21-27-33-39-47(4)5)58-52(55)43-37-31-25-18-10-8-9-14-20-26-32-38-46(2)3/h46-49H,7-45H2,1-6H3/t48?,49-/m1/s1. The van der Waals surface area contributed by atoms with Crippen molar-refractivity contribution in [2.75, 3.05) is 13.2 Å². The van der Waals surface area contributed by atoms with E-state index in [1.54, 1.807) is 0 Å². The van der Waals surface area contributed by atoms with E-state index in [1.807, 2.05) is 0 Å². The molecule has 6 heteroatoms. The number of ether oxygens (including phenoxy) is 3. The smallest absolute Gasteiger partial charge is 0.306 e. The second-order valence-electron chi connectivity index (χ2n) is 19.0. The van der Waals surface area contributed by atoms with Crippen LogP contribution >= 0.6 is 0 Å². The van der Waals surface area contributed by atoms with Crippen LogP contribution in [0.25, 0.3) is 0 Å². The van der Waals surface area contributed by atoms with Gasteiger partial charge in [-0.05, 0) is 37.0 Å². The maximum absolute atomic E-state index is 12.8. The van der Waals surface area contributed by atoms with Crippen molar-refractivity contribution < 1.29 is 28.6 Å². The highest BCUT2D eigenvalue weighted by molar-refractivity contribution is 5.71. The average molecular weight is 821 g/mol. The summed E-state index contributed by atoms with van der Waals surface area (Å²) in [6, 6.07) is 0. The quantitative estimate of drug-likeness (QED) is 0.0346. The van der Waals surface area contributed by atoms with Crippen LogP contribution in [0.1, 0.15) is 279 Å². The summed E-state index contributed by atoms with van der Waals surface area (Å²) in [5, 5.41) is 0. The lowest BCUT2D eigenvalue weighted by molar-refractivity contribution is -0.167. The molecular weight excluding hydrogens is 721 g/mol. The fraction of sp³-hybridized carbons (Fsp3) is 0.942.